The van der Waals surface area contributed by atoms with Crippen molar-refractivity contribution in [1.82, 2.24) is 16.0 Å². The molecule has 7 heteroatoms. The highest BCUT2D eigenvalue weighted by molar-refractivity contribution is 5.87. The fraction of sp³-hybridized carbons (Fsp3) is 0.375. The molecule has 0 aliphatic rings. The molecular weight excluding hydrogens is 394 g/mol. The van der Waals surface area contributed by atoms with Gasteiger partial charge in [-0.15, -0.1) is 0 Å². The number of benzene rings is 2. The van der Waals surface area contributed by atoms with Crippen LogP contribution in [0.4, 0.5) is 4.79 Å². The molecule has 2 aromatic rings. The van der Waals surface area contributed by atoms with Crippen LogP contribution in [0.25, 0.3) is 0 Å². The molecule has 0 saturated carbocycles. The number of rotatable bonds is 9. The maximum Gasteiger partial charge on any atom is 0.408 e. The highest BCUT2D eigenvalue weighted by Gasteiger charge is 2.22. The van der Waals surface area contributed by atoms with Crippen LogP contribution >= 0.6 is 0 Å². The van der Waals surface area contributed by atoms with Crippen LogP contribution in [-0.4, -0.2) is 43.1 Å². The van der Waals surface area contributed by atoms with Crippen molar-refractivity contribution in [3.05, 3.63) is 71.8 Å². The second kappa shape index (κ2) is 11.7. The van der Waals surface area contributed by atoms with Gasteiger partial charge in [-0.25, -0.2) is 4.79 Å². The van der Waals surface area contributed by atoms with E-state index in [1.54, 1.807) is 20.8 Å². The highest BCUT2D eigenvalue weighted by atomic mass is 16.6. The van der Waals surface area contributed by atoms with E-state index in [-0.39, 0.29) is 18.4 Å². The van der Waals surface area contributed by atoms with Crippen LogP contribution in [0.15, 0.2) is 60.7 Å². The van der Waals surface area contributed by atoms with Crippen molar-refractivity contribution in [2.24, 2.45) is 0 Å². The van der Waals surface area contributed by atoms with Gasteiger partial charge in [-0.3, -0.25) is 9.59 Å². The summed E-state index contributed by atoms with van der Waals surface area (Å²) in [6, 6.07) is 19.3. The van der Waals surface area contributed by atoms with Crippen LogP contribution in [0.1, 0.15) is 44.2 Å². The van der Waals surface area contributed by atoms with Gasteiger partial charge in [0.2, 0.25) is 11.8 Å². The normalized spacial score (nSPS) is 11.0. The summed E-state index contributed by atoms with van der Waals surface area (Å²) >= 11 is 0. The first-order chi connectivity index (χ1) is 14.8. The average molecular weight is 426 g/mol. The average Bonchev–Trinajstić information content (AvgIpc) is 2.72. The molecule has 0 radical (unpaired) electrons. The third-order valence-electron chi connectivity index (χ3n) is 4.30. The predicted octanol–water partition coefficient (Wildman–Crippen LogP) is 2.97. The Morgan fingerprint density at radius 1 is 0.806 bits per heavy atom. The van der Waals surface area contributed by atoms with Gasteiger partial charge >= 0.3 is 6.09 Å². The summed E-state index contributed by atoms with van der Waals surface area (Å²) in [7, 11) is 0. The number of hydrogen-bond acceptors (Lipinski definition) is 4. The monoisotopic (exact) mass is 425 g/mol. The van der Waals surface area contributed by atoms with E-state index in [0.717, 1.165) is 11.1 Å². The molecule has 31 heavy (non-hydrogen) atoms. The van der Waals surface area contributed by atoms with Crippen LogP contribution in [-0.2, 0) is 14.3 Å². The SMILES string of the molecule is CC(C)(C)OC(=O)NCC(=O)NCCCNC(=O)C(c1ccccc1)c1ccccc1. The van der Waals surface area contributed by atoms with E-state index in [1.807, 2.05) is 60.7 Å². The van der Waals surface area contributed by atoms with Gasteiger partial charge in [0.1, 0.15) is 5.60 Å². The largest absolute Gasteiger partial charge is 0.444 e. The van der Waals surface area contributed by atoms with Crippen molar-refractivity contribution in [1.29, 1.82) is 0 Å². The molecule has 0 atom stereocenters. The van der Waals surface area contributed by atoms with Crippen molar-refractivity contribution in [2.45, 2.75) is 38.7 Å². The number of ether oxygens (including phenoxy) is 1. The molecule has 7 nitrogen and oxygen atoms in total. The Morgan fingerprint density at radius 3 is 1.84 bits per heavy atom. The third kappa shape index (κ3) is 8.90. The van der Waals surface area contributed by atoms with Crippen molar-refractivity contribution in [2.75, 3.05) is 19.6 Å². The van der Waals surface area contributed by atoms with Crippen molar-refractivity contribution >= 4 is 17.9 Å². The second-order valence-electron chi connectivity index (χ2n) is 8.10. The Morgan fingerprint density at radius 2 is 1.32 bits per heavy atom. The summed E-state index contributed by atoms with van der Waals surface area (Å²) < 4.78 is 5.08. The summed E-state index contributed by atoms with van der Waals surface area (Å²) in [6.07, 6.45) is -0.0667. The Labute approximate surface area is 183 Å². The van der Waals surface area contributed by atoms with E-state index in [4.69, 9.17) is 4.74 Å². The van der Waals surface area contributed by atoms with Crippen molar-refractivity contribution < 1.29 is 19.1 Å². The molecule has 2 aromatic carbocycles. The van der Waals surface area contributed by atoms with E-state index < -0.39 is 17.6 Å². The molecule has 0 heterocycles. The number of amides is 3. The smallest absolute Gasteiger partial charge is 0.408 e. The van der Waals surface area contributed by atoms with E-state index in [2.05, 4.69) is 16.0 Å². The fourth-order valence-electron chi connectivity index (χ4n) is 2.95. The number of carbonyl (C=O) groups is 3. The molecule has 0 aliphatic heterocycles. The Balaban J connectivity index is 1.75. The molecule has 0 bridgehead atoms. The van der Waals surface area contributed by atoms with E-state index >= 15 is 0 Å². The van der Waals surface area contributed by atoms with Gasteiger partial charge in [0.15, 0.2) is 0 Å². The molecule has 3 N–H and O–H groups in total. The van der Waals surface area contributed by atoms with E-state index in [9.17, 15) is 14.4 Å². The molecule has 0 spiro atoms. The lowest BCUT2D eigenvalue weighted by Gasteiger charge is -2.19. The number of carbonyl (C=O) groups excluding carboxylic acids is 3. The summed E-state index contributed by atoms with van der Waals surface area (Å²) in [5.41, 5.74) is 1.23. The molecule has 3 amide bonds. The predicted molar refractivity (Wildman–Crippen MR) is 120 cm³/mol. The van der Waals surface area contributed by atoms with Gasteiger partial charge in [-0.05, 0) is 38.3 Å². The second-order valence-corrected chi connectivity index (χ2v) is 8.10. The third-order valence-corrected chi connectivity index (χ3v) is 4.30. The number of alkyl carbamates (subject to hydrolysis) is 1. The van der Waals surface area contributed by atoms with Crippen molar-refractivity contribution in [3.63, 3.8) is 0 Å². The first kappa shape index (κ1) is 23.9. The standard InChI is InChI=1S/C24H31N3O4/c1-24(2,3)31-23(30)27-17-20(28)25-15-10-16-26-22(29)21(18-11-6-4-7-12-18)19-13-8-5-9-14-19/h4-9,11-14,21H,10,15-17H2,1-3H3,(H,25,28)(H,26,29)(H,27,30). The van der Waals surface area contributed by atoms with Crippen LogP contribution in [0.5, 0.6) is 0 Å². The van der Waals surface area contributed by atoms with Crippen molar-refractivity contribution in [3.8, 4) is 0 Å². The summed E-state index contributed by atoms with van der Waals surface area (Å²) in [5.74, 6) is -0.797. The molecule has 0 aromatic heterocycles. The lowest BCUT2D eigenvalue weighted by atomic mass is 9.90. The Hall–Kier alpha value is -3.35. The number of nitrogens with one attached hydrogen (secondary N) is 3. The summed E-state index contributed by atoms with van der Waals surface area (Å²) in [5, 5.41) is 8.06. The first-order valence-corrected chi connectivity index (χ1v) is 10.4. The Kier molecular flexibility index (Phi) is 9.06. The Bertz CT molecular complexity index is 809. The topological polar surface area (TPSA) is 96.5 Å². The minimum absolute atomic E-state index is 0.0877. The zero-order chi connectivity index (χ0) is 22.7. The van der Waals surface area contributed by atoms with Crippen LogP contribution in [0.2, 0.25) is 0 Å². The van der Waals surface area contributed by atoms with E-state index in [0.29, 0.717) is 19.5 Å². The fourth-order valence-corrected chi connectivity index (χ4v) is 2.95. The highest BCUT2D eigenvalue weighted by Crippen LogP contribution is 2.24. The van der Waals surface area contributed by atoms with Gasteiger partial charge in [-0.2, -0.15) is 0 Å². The first-order valence-electron chi connectivity index (χ1n) is 10.4. The quantitative estimate of drug-likeness (QED) is 0.538. The van der Waals surface area contributed by atoms with Crippen LogP contribution in [0.3, 0.4) is 0 Å². The molecular formula is C24H31N3O4. The minimum atomic E-state index is -0.636. The van der Waals surface area contributed by atoms with E-state index in [1.165, 1.54) is 0 Å². The zero-order valence-corrected chi connectivity index (χ0v) is 18.3. The molecule has 166 valence electrons. The van der Waals surface area contributed by atoms with Crippen LogP contribution < -0.4 is 16.0 Å². The molecule has 0 unspecified atom stereocenters. The van der Waals surface area contributed by atoms with Gasteiger partial charge < -0.3 is 20.7 Å². The minimum Gasteiger partial charge on any atom is -0.444 e. The van der Waals surface area contributed by atoms with Gasteiger partial charge in [0.05, 0.1) is 12.5 Å². The molecule has 0 aliphatic carbocycles. The number of hydrogen-bond donors (Lipinski definition) is 3. The van der Waals surface area contributed by atoms with Gasteiger partial charge in [0.25, 0.3) is 0 Å². The molecule has 0 saturated heterocycles. The zero-order valence-electron chi connectivity index (χ0n) is 18.3. The maximum atomic E-state index is 12.9. The summed E-state index contributed by atoms with van der Waals surface area (Å²) in [6.45, 7) is 5.90. The van der Waals surface area contributed by atoms with Gasteiger partial charge in [0, 0.05) is 13.1 Å². The molecule has 2 rings (SSSR count). The summed E-state index contributed by atoms with van der Waals surface area (Å²) in [4.78, 5) is 36.2. The maximum absolute atomic E-state index is 12.9. The lowest BCUT2D eigenvalue weighted by Crippen LogP contribution is -2.40. The van der Waals surface area contributed by atoms with Crippen LogP contribution in [0, 0.1) is 0 Å². The van der Waals surface area contributed by atoms with Gasteiger partial charge in [-0.1, -0.05) is 60.7 Å². The lowest BCUT2D eigenvalue weighted by molar-refractivity contribution is -0.121. The molecule has 0 fully saturated rings.